The molecule has 13 heavy (non-hydrogen) atoms. The Morgan fingerprint density at radius 3 is 2.15 bits per heavy atom. The van der Waals surface area contributed by atoms with E-state index in [-0.39, 0.29) is 0 Å². The zero-order chi connectivity index (χ0) is 9.84. The summed E-state index contributed by atoms with van der Waals surface area (Å²) >= 11 is 0. The molecular weight excluding hydrogens is 163 g/mol. The molecule has 0 fully saturated rings. The van der Waals surface area contributed by atoms with Crippen LogP contribution >= 0.6 is 0 Å². The van der Waals surface area contributed by atoms with Gasteiger partial charge in [0.25, 0.3) is 0 Å². The van der Waals surface area contributed by atoms with Crippen molar-refractivity contribution < 1.29 is 10.0 Å². The van der Waals surface area contributed by atoms with Crippen molar-refractivity contribution in [1.29, 1.82) is 0 Å². The molecule has 1 aromatic carbocycles. The second kappa shape index (κ2) is 4.26. The fourth-order valence-electron chi connectivity index (χ4n) is 1.27. The van der Waals surface area contributed by atoms with Gasteiger partial charge in [0.2, 0.25) is 0 Å². The number of aryl methyl sites for hydroxylation is 2. The van der Waals surface area contributed by atoms with Crippen molar-refractivity contribution in [2.45, 2.75) is 13.8 Å². The van der Waals surface area contributed by atoms with Gasteiger partial charge in [-0.1, -0.05) is 30.3 Å². The molecule has 0 bridgehead atoms. The molecule has 0 aliphatic carbocycles. The van der Waals surface area contributed by atoms with Gasteiger partial charge in [-0.3, -0.25) is 0 Å². The highest BCUT2D eigenvalue weighted by Gasteiger charge is 2.01. The SMILES string of the molecule is Cc1cccc(C)c1/C=C/B(O)O. The highest BCUT2D eigenvalue weighted by molar-refractivity contribution is 6.48. The van der Waals surface area contributed by atoms with Crippen LogP contribution in [-0.2, 0) is 0 Å². The van der Waals surface area contributed by atoms with Crippen molar-refractivity contribution >= 4 is 13.2 Å². The lowest BCUT2D eigenvalue weighted by Gasteiger charge is -2.03. The van der Waals surface area contributed by atoms with Gasteiger partial charge in [-0.15, -0.1) is 0 Å². The molecule has 0 aromatic heterocycles. The summed E-state index contributed by atoms with van der Waals surface area (Å²) in [6.07, 6.45) is 1.73. The fraction of sp³-hybridized carbons (Fsp3) is 0.200. The first-order valence-corrected chi connectivity index (χ1v) is 4.22. The molecule has 0 aliphatic rings. The second-order valence-electron chi connectivity index (χ2n) is 3.08. The molecule has 0 saturated carbocycles. The number of benzene rings is 1. The molecule has 0 saturated heterocycles. The van der Waals surface area contributed by atoms with E-state index in [1.165, 1.54) is 5.98 Å². The monoisotopic (exact) mass is 176 g/mol. The Labute approximate surface area is 78.7 Å². The van der Waals surface area contributed by atoms with Crippen LogP contribution in [0.5, 0.6) is 0 Å². The normalized spacial score (nSPS) is 10.8. The molecule has 2 nitrogen and oxygen atoms in total. The van der Waals surface area contributed by atoms with Gasteiger partial charge in [-0.05, 0) is 30.5 Å². The topological polar surface area (TPSA) is 40.5 Å². The highest BCUT2D eigenvalue weighted by Crippen LogP contribution is 2.14. The van der Waals surface area contributed by atoms with E-state index in [1.807, 2.05) is 32.0 Å². The minimum atomic E-state index is -1.38. The van der Waals surface area contributed by atoms with E-state index in [2.05, 4.69) is 0 Å². The van der Waals surface area contributed by atoms with Gasteiger partial charge in [0, 0.05) is 0 Å². The molecule has 0 unspecified atom stereocenters. The van der Waals surface area contributed by atoms with Crippen LogP contribution in [0.4, 0.5) is 0 Å². The zero-order valence-corrected chi connectivity index (χ0v) is 7.86. The summed E-state index contributed by atoms with van der Waals surface area (Å²) in [5, 5.41) is 17.3. The first kappa shape index (κ1) is 10.0. The van der Waals surface area contributed by atoms with E-state index >= 15 is 0 Å². The Morgan fingerprint density at radius 1 is 1.15 bits per heavy atom. The smallest absolute Gasteiger partial charge is 0.424 e. The minimum absolute atomic E-state index is 1.05. The molecule has 3 heteroatoms. The van der Waals surface area contributed by atoms with E-state index in [0.29, 0.717) is 0 Å². The van der Waals surface area contributed by atoms with Crippen LogP contribution < -0.4 is 0 Å². The maximum Gasteiger partial charge on any atom is 0.480 e. The third-order valence-corrected chi connectivity index (χ3v) is 1.98. The molecule has 2 N–H and O–H groups in total. The van der Waals surface area contributed by atoms with Gasteiger partial charge in [0.15, 0.2) is 0 Å². The van der Waals surface area contributed by atoms with Gasteiger partial charge in [-0.2, -0.15) is 0 Å². The van der Waals surface area contributed by atoms with Crippen LogP contribution in [0, 0.1) is 13.8 Å². The Morgan fingerprint density at radius 2 is 1.69 bits per heavy atom. The van der Waals surface area contributed by atoms with Crippen LogP contribution in [0.1, 0.15) is 16.7 Å². The Kier molecular flexibility index (Phi) is 3.28. The first-order valence-electron chi connectivity index (χ1n) is 4.22. The Balaban J connectivity index is 3.00. The average molecular weight is 176 g/mol. The minimum Gasteiger partial charge on any atom is -0.424 e. The maximum atomic E-state index is 8.66. The van der Waals surface area contributed by atoms with Crippen molar-refractivity contribution in [3.8, 4) is 0 Å². The van der Waals surface area contributed by atoms with Gasteiger partial charge in [-0.25, -0.2) is 0 Å². The summed E-state index contributed by atoms with van der Waals surface area (Å²) in [6.45, 7) is 3.99. The summed E-state index contributed by atoms with van der Waals surface area (Å²) in [6, 6.07) is 5.98. The van der Waals surface area contributed by atoms with Gasteiger partial charge >= 0.3 is 7.12 Å². The lowest BCUT2D eigenvalue weighted by molar-refractivity contribution is 0.424. The third kappa shape index (κ3) is 2.72. The standard InChI is InChI=1S/C10H13BO2/c1-8-4-3-5-9(2)10(8)6-7-11(12)13/h3-7,12-13H,1-2H3/b7-6+. The fourth-order valence-corrected chi connectivity index (χ4v) is 1.27. The molecule has 0 aliphatic heterocycles. The van der Waals surface area contributed by atoms with Gasteiger partial charge in [0.05, 0.1) is 0 Å². The van der Waals surface area contributed by atoms with Crippen LogP contribution in [0.25, 0.3) is 6.08 Å². The summed E-state index contributed by atoms with van der Waals surface area (Å²) in [7, 11) is -1.38. The first-order chi connectivity index (χ1) is 6.11. The number of rotatable bonds is 2. The summed E-state index contributed by atoms with van der Waals surface area (Å²) in [5.41, 5.74) is 3.32. The van der Waals surface area contributed by atoms with Crippen molar-refractivity contribution in [3.05, 3.63) is 40.9 Å². The van der Waals surface area contributed by atoms with E-state index in [4.69, 9.17) is 10.0 Å². The summed E-state index contributed by atoms with van der Waals surface area (Å²) in [4.78, 5) is 0. The molecule has 0 amide bonds. The van der Waals surface area contributed by atoms with E-state index < -0.39 is 7.12 Å². The molecule has 1 aromatic rings. The summed E-state index contributed by atoms with van der Waals surface area (Å²) in [5.74, 6) is 1.36. The van der Waals surface area contributed by atoms with Crippen molar-refractivity contribution in [1.82, 2.24) is 0 Å². The molecule has 0 heterocycles. The van der Waals surface area contributed by atoms with E-state index in [0.717, 1.165) is 16.7 Å². The molecule has 0 radical (unpaired) electrons. The molecule has 0 spiro atoms. The average Bonchev–Trinajstić information content (AvgIpc) is 2.03. The van der Waals surface area contributed by atoms with Crippen LogP contribution in [0.3, 0.4) is 0 Å². The van der Waals surface area contributed by atoms with E-state index in [1.54, 1.807) is 6.08 Å². The predicted molar refractivity (Wildman–Crippen MR) is 55.1 cm³/mol. The highest BCUT2D eigenvalue weighted by atomic mass is 16.4. The van der Waals surface area contributed by atoms with Crippen molar-refractivity contribution in [3.63, 3.8) is 0 Å². The van der Waals surface area contributed by atoms with Gasteiger partial charge < -0.3 is 10.0 Å². The lowest BCUT2D eigenvalue weighted by atomic mass is 9.89. The Hall–Kier alpha value is -1.06. The largest absolute Gasteiger partial charge is 0.480 e. The molecule has 0 atom stereocenters. The maximum absolute atomic E-state index is 8.66. The second-order valence-corrected chi connectivity index (χ2v) is 3.08. The predicted octanol–water partition coefficient (Wildman–Crippen LogP) is 1.33. The van der Waals surface area contributed by atoms with E-state index in [9.17, 15) is 0 Å². The quantitative estimate of drug-likeness (QED) is 0.667. The Bertz CT molecular complexity index is 298. The molecular formula is C10H13BO2. The van der Waals surface area contributed by atoms with Crippen LogP contribution in [0.2, 0.25) is 0 Å². The number of hydrogen-bond acceptors (Lipinski definition) is 2. The van der Waals surface area contributed by atoms with Crippen LogP contribution in [-0.4, -0.2) is 17.2 Å². The van der Waals surface area contributed by atoms with Crippen molar-refractivity contribution in [2.75, 3.05) is 0 Å². The van der Waals surface area contributed by atoms with Crippen LogP contribution in [0.15, 0.2) is 24.2 Å². The number of hydrogen-bond donors (Lipinski definition) is 2. The van der Waals surface area contributed by atoms with Crippen molar-refractivity contribution in [2.24, 2.45) is 0 Å². The zero-order valence-electron chi connectivity index (χ0n) is 7.86. The molecule has 1 rings (SSSR count). The lowest BCUT2D eigenvalue weighted by Crippen LogP contribution is -2.05. The van der Waals surface area contributed by atoms with Gasteiger partial charge in [0.1, 0.15) is 0 Å². The summed E-state index contributed by atoms with van der Waals surface area (Å²) < 4.78 is 0. The third-order valence-electron chi connectivity index (χ3n) is 1.98. The molecule has 68 valence electrons.